The summed E-state index contributed by atoms with van der Waals surface area (Å²) in [7, 11) is 2.03. The molecule has 9 heteroatoms. The Morgan fingerprint density at radius 3 is 2.41 bits per heavy atom. The molecule has 7 nitrogen and oxygen atoms in total. The molecule has 2 N–H and O–H groups in total. The third kappa shape index (κ3) is 9.74. The van der Waals surface area contributed by atoms with E-state index in [0.717, 1.165) is 74.7 Å². The Bertz CT molecular complexity index is 1340. The summed E-state index contributed by atoms with van der Waals surface area (Å²) in [5.74, 6) is 0.504. The van der Waals surface area contributed by atoms with Crippen molar-refractivity contribution < 1.29 is 4.39 Å². The van der Waals surface area contributed by atoms with Gasteiger partial charge in [-0.05, 0) is 81.9 Å². The second-order valence-corrected chi connectivity index (χ2v) is 13.2. The highest BCUT2D eigenvalue weighted by atomic mass is 35.5. The fourth-order valence-corrected chi connectivity index (χ4v) is 7.08. The molecule has 3 aliphatic rings. The highest BCUT2D eigenvalue weighted by molar-refractivity contribution is 6.30. The first-order valence-electron chi connectivity index (χ1n) is 17.1. The molecule has 0 aromatic heterocycles. The molecule has 2 aromatic carbocycles. The molecule has 2 fully saturated rings. The van der Waals surface area contributed by atoms with E-state index >= 15 is 0 Å². The van der Waals surface area contributed by atoms with Crippen LogP contribution in [0.4, 0.5) is 10.1 Å². The maximum absolute atomic E-state index is 13.9. The summed E-state index contributed by atoms with van der Waals surface area (Å²) in [6.45, 7) is 12.0. The second-order valence-electron chi connectivity index (χ2n) is 12.8. The lowest BCUT2D eigenvalue weighted by Gasteiger charge is -2.34. The van der Waals surface area contributed by atoms with Crippen LogP contribution in [0.1, 0.15) is 68.9 Å². The Morgan fingerprint density at radius 1 is 0.957 bits per heavy atom. The normalized spacial score (nSPS) is 20.1. The zero-order chi connectivity index (χ0) is 32.1. The third-order valence-corrected chi connectivity index (χ3v) is 9.61. The standard InChI is InChI=1S/C37H51ClFN7/c1-40-16-8-3-4-9-17-44-18-20-45(21-19-44)26-29-12-14-30(15-13-29)36-27-46(34-10-6-5-7-11-34)37(35(36)25-41-2)43-28-42-33-23-31(38)22-32(39)24-33/h12-15,22-25,27,34,40,42H,2-11,16-21,26,28H2,1H3/b35-25-,43-37+. The molecular weight excluding hydrogens is 597 g/mol. The molecule has 0 spiro atoms. The molecule has 0 radical (unpaired) electrons. The Kier molecular flexibility index (Phi) is 13.2. The van der Waals surface area contributed by atoms with Gasteiger partial charge in [0.25, 0.3) is 0 Å². The van der Waals surface area contributed by atoms with Crippen LogP contribution in [0.3, 0.4) is 0 Å². The van der Waals surface area contributed by atoms with Crippen molar-refractivity contribution in [2.45, 2.75) is 70.4 Å². The molecule has 1 saturated carbocycles. The fraction of sp³-hybridized carbons (Fsp3) is 0.514. The van der Waals surface area contributed by atoms with Crippen LogP contribution >= 0.6 is 11.6 Å². The summed E-state index contributed by atoms with van der Waals surface area (Å²) in [6.07, 6.45) is 15.3. The van der Waals surface area contributed by atoms with Crippen LogP contribution in [0.15, 0.2) is 70.4 Å². The van der Waals surface area contributed by atoms with E-state index in [0.29, 0.717) is 16.8 Å². The molecule has 46 heavy (non-hydrogen) atoms. The van der Waals surface area contributed by atoms with Gasteiger partial charge in [0.2, 0.25) is 0 Å². The summed E-state index contributed by atoms with van der Waals surface area (Å²) < 4.78 is 13.9. The molecule has 0 atom stereocenters. The lowest BCUT2D eigenvalue weighted by atomic mass is 9.94. The third-order valence-electron chi connectivity index (χ3n) is 9.39. The minimum absolute atomic E-state index is 0.289. The van der Waals surface area contributed by atoms with Gasteiger partial charge in [0.15, 0.2) is 0 Å². The molecule has 2 aliphatic heterocycles. The molecule has 0 unspecified atom stereocenters. The van der Waals surface area contributed by atoms with Crippen molar-refractivity contribution in [1.82, 2.24) is 20.0 Å². The number of rotatable bonds is 15. The molecule has 5 rings (SSSR count). The number of benzene rings is 2. The zero-order valence-electron chi connectivity index (χ0n) is 27.5. The number of nitrogens with zero attached hydrogens (tertiary/aromatic N) is 5. The molecule has 0 bridgehead atoms. The van der Waals surface area contributed by atoms with Gasteiger partial charge in [-0.3, -0.25) is 9.89 Å². The second kappa shape index (κ2) is 17.8. The van der Waals surface area contributed by atoms with E-state index < -0.39 is 0 Å². The number of aliphatic imine (C=N–C) groups is 2. The molecule has 1 aliphatic carbocycles. The summed E-state index contributed by atoms with van der Waals surface area (Å²) in [6, 6.07) is 13.8. The van der Waals surface area contributed by atoms with Crippen LogP contribution < -0.4 is 10.6 Å². The van der Waals surface area contributed by atoms with Gasteiger partial charge in [0, 0.05) is 73.0 Å². The van der Waals surface area contributed by atoms with Crippen LogP contribution in [0, 0.1) is 5.82 Å². The largest absolute Gasteiger partial charge is 0.366 e. The van der Waals surface area contributed by atoms with Crippen molar-refractivity contribution in [2.24, 2.45) is 9.98 Å². The van der Waals surface area contributed by atoms with Crippen LogP contribution in [0.25, 0.3) is 5.57 Å². The summed E-state index contributed by atoms with van der Waals surface area (Å²) in [5.41, 5.74) is 5.16. The predicted molar refractivity (Wildman–Crippen MR) is 192 cm³/mol. The summed E-state index contributed by atoms with van der Waals surface area (Å²) >= 11 is 6.07. The first-order chi connectivity index (χ1) is 22.5. The number of nitrogens with one attached hydrogen (secondary N) is 2. The van der Waals surface area contributed by atoms with E-state index in [1.165, 1.54) is 69.2 Å². The van der Waals surface area contributed by atoms with E-state index in [-0.39, 0.29) is 12.5 Å². The Balaban J connectivity index is 1.22. The topological polar surface area (TPSA) is 58.5 Å². The number of anilines is 1. The summed E-state index contributed by atoms with van der Waals surface area (Å²) in [5, 5.41) is 6.81. The first-order valence-corrected chi connectivity index (χ1v) is 17.5. The van der Waals surface area contributed by atoms with Gasteiger partial charge in [-0.15, -0.1) is 0 Å². The minimum Gasteiger partial charge on any atom is -0.366 e. The smallest absolute Gasteiger partial charge is 0.139 e. The van der Waals surface area contributed by atoms with Gasteiger partial charge in [0.05, 0.1) is 0 Å². The quantitative estimate of drug-likeness (QED) is 0.156. The lowest BCUT2D eigenvalue weighted by molar-refractivity contribution is 0.125. The van der Waals surface area contributed by atoms with Crippen LogP contribution in [0.2, 0.25) is 5.02 Å². The Labute approximate surface area is 280 Å². The number of hydrogen-bond acceptors (Lipinski definition) is 6. The number of hydrogen-bond donors (Lipinski definition) is 2. The van der Waals surface area contributed by atoms with Crippen LogP contribution in [-0.4, -0.2) is 86.3 Å². The van der Waals surface area contributed by atoms with Crippen molar-refractivity contribution in [2.75, 3.05) is 58.3 Å². The van der Waals surface area contributed by atoms with Crippen molar-refractivity contribution in [3.8, 4) is 0 Å². The summed E-state index contributed by atoms with van der Waals surface area (Å²) in [4.78, 5) is 16.7. The molecule has 2 aromatic rings. The maximum atomic E-state index is 13.9. The van der Waals surface area contributed by atoms with Crippen molar-refractivity contribution in [1.29, 1.82) is 0 Å². The fourth-order valence-electron chi connectivity index (χ4n) is 6.85. The van der Waals surface area contributed by atoms with Gasteiger partial charge < -0.3 is 20.4 Å². The average Bonchev–Trinajstić information content (AvgIpc) is 3.42. The maximum Gasteiger partial charge on any atom is 0.139 e. The van der Waals surface area contributed by atoms with Crippen molar-refractivity contribution in [3.63, 3.8) is 0 Å². The van der Waals surface area contributed by atoms with E-state index in [2.05, 4.69) is 67.5 Å². The van der Waals surface area contributed by atoms with Crippen molar-refractivity contribution in [3.05, 3.63) is 82.4 Å². The van der Waals surface area contributed by atoms with E-state index in [4.69, 9.17) is 16.6 Å². The Morgan fingerprint density at radius 2 is 1.70 bits per heavy atom. The van der Waals surface area contributed by atoms with Gasteiger partial charge in [-0.1, -0.05) is 68.0 Å². The lowest BCUT2D eigenvalue weighted by Crippen LogP contribution is -2.46. The predicted octanol–water partition coefficient (Wildman–Crippen LogP) is 7.42. The first kappa shape index (κ1) is 34.3. The Hall–Kier alpha value is -3.04. The molecule has 2 heterocycles. The van der Waals surface area contributed by atoms with Crippen LogP contribution in [0.5, 0.6) is 0 Å². The van der Waals surface area contributed by atoms with Gasteiger partial charge in [-0.25, -0.2) is 9.38 Å². The highest BCUT2D eigenvalue weighted by Crippen LogP contribution is 2.37. The number of piperazine rings is 1. The van der Waals surface area contributed by atoms with Gasteiger partial charge in [0.1, 0.15) is 18.3 Å². The zero-order valence-corrected chi connectivity index (χ0v) is 28.2. The average molecular weight is 648 g/mol. The monoisotopic (exact) mass is 647 g/mol. The highest BCUT2D eigenvalue weighted by Gasteiger charge is 2.32. The number of unbranched alkanes of at least 4 members (excludes halogenated alkanes) is 3. The van der Waals surface area contributed by atoms with Crippen molar-refractivity contribution >= 4 is 35.4 Å². The van der Waals surface area contributed by atoms with E-state index in [1.807, 2.05) is 13.2 Å². The van der Waals surface area contributed by atoms with E-state index in [1.54, 1.807) is 6.07 Å². The molecule has 248 valence electrons. The number of halogens is 2. The van der Waals surface area contributed by atoms with E-state index in [9.17, 15) is 4.39 Å². The van der Waals surface area contributed by atoms with Gasteiger partial charge >= 0.3 is 0 Å². The van der Waals surface area contributed by atoms with Gasteiger partial charge in [-0.2, -0.15) is 0 Å². The SMILES string of the molecule is C=N/C=C1/C(c2ccc(CN3CCN(CCCCCCNC)CC3)cc2)=CN(C2CCCCC2)/C1=N/CNc1cc(F)cc(Cl)c1. The molecule has 0 amide bonds. The minimum atomic E-state index is -0.375. The van der Waals surface area contributed by atoms with Crippen LogP contribution in [-0.2, 0) is 6.54 Å². The molecular formula is C37H51ClFN7. The molecule has 1 saturated heterocycles. The number of amidine groups is 1.